The van der Waals surface area contributed by atoms with Crippen LogP contribution in [0.15, 0.2) is 48.5 Å². The number of ether oxygens (including phenoxy) is 1. The molecule has 1 saturated heterocycles. The number of likely N-dealkylation sites (tertiary alicyclic amines) is 1. The van der Waals surface area contributed by atoms with Gasteiger partial charge in [-0.25, -0.2) is 18.3 Å². The Kier molecular flexibility index (Phi) is 8.00. The quantitative estimate of drug-likeness (QED) is 0.471. The maximum absolute atomic E-state index is 14.0. The molecule has 10 heteroatoms. The third-order valence-corrected chi connectivity index (χ3v) is 6.55. The maximum Gasteiger partial charge on any atom is 0.320 e. The van der Waals surface area contributed by atoms with E-state index >= 15 is 0 Å². The van der Waals surface area contributed by atoms with Crippen LogP contribution in [0.1, 0.15) is 24.1 Å². The smallest absolute Gasteiger partial charge is 0.320 e. The van der Waals surface area contributed by atoms with E-state index in [4.69, 9.17) is 16.3 Å². The minimum atomic E-state index is -0.910. The molecule has 35 heavy (non-hydrogen) atoms. The van der Waals surface area contributed by atoms with Crippen molar-refractivity contribution in [3.63, 3.8) is 0 Å². The topological polar surface area (TPSA) is 71.4 Å². The van der Waals surface area contributed by atoms with Gasteiger partial charge in [-0.1, -0.05) is 42.8 Å². The highest BCUT2D eigenvalue weighted by Gasteiger charge is 2.35. The first-order chi connectivity index (χ1) is 16.9. The van der Waals surface area contributed by atoms with Gasteiger partial charge in [-0.15, -0.1) is 0 Å². The summed E-state index contributed by atoms with van der Waals surface area (Å²) in [7, 11) is 1.62. The number of amides is 2. The molecule has 1 aliphatic heterocycles. The van der Waals surface area contributed by atoms with Gasteiger partial charge in [0.05, 0.1) is 24.0 Å². The van der Waals surface area contributed by atoms with Crippen LogP contribution in [0.3, 0.4) is 0 Å². The Balaban J connectivity index is 1.56. The molecule has 0 bridgehead atoms. The number of para-hydroxylation sites is 1. The third-order valence-electron chi connectivity index (χ3n) is 6.16. The van der Waals surface area contributed by atoms with Crippen LogP contribution in [-0.4, -0.2) is 60.1 Å². The molecular formula is C25H28ClF2N5O2. The van der Waals surface area contributed by atoms with Gasteiger partial charge in [-0.3, -0.25) is 10.2 Å². The molecule has 4 rings (SSSR count). The zero-order valence-corrected chi connectivity index (χ0v) is 20.4. The van der Waals surface area contributed by atoms with Crippen LogP contribution < -0.4 is 10.6 Å². The monoisotopic (exact) mass is 503 g/mol. The Labute approximate surface area is 208 Å². The van der Waals surface area contributed by atoms with E-state index in [-0.39, 0.29) is 12.0 Å². The van der Waals surface area contributed by atoms with Crippen LogP contribution in [0.25, 0.3) is 5.69 Å². The van der Waals surface area contributed by atoms with Gasteiger partial charge in [0.25, 0.3) is 0 Å². The largest absolute Gasteiger partial charge is 0.383 e. The number of methoxy groups -OCH3 is 1. The second kappa shape index (κ2) is 11.2. The van der Waals surface area contributed by atoms with Crippen LogP contribution >= 0.6 is 11.6 Å². The summed E-state index contributed by atoms with van der Waals surface area (Å²) in [5.74, 6) is -1.67. The molecule has 2 heterocycles. The number of urea groups is 1. The van der Waals surface area contributed by atoms with Crippen LogP contribution in [0, 0.1) is 11.6 Å². The summed E-state index contributed by atoms with van der Waals surface area (Å²) in [6.45, 7) is 4.22. The van der Waals surface area contributed by atoms with Crippen LogP contribution in [0.2, 0.25) is 5.02 Å². The summed E-state index contributed by atoms with van der Waals surface area (Å²) in [5.41, 5.74) is 2.04. The van der Waals surface area contributed by atoms with Gasteiger partial charge in [0.1, 0.15) is 5.02 Å². The van der Waals surface area contributed by atoms with Crippen molar-refractivity contribution >= 4 is 23.4 Å². The van der Waals surface area contributed by atoms with Gasteiger partial charge in [0.15, 0.2) is 17.5 Å². The molecule has 7 nitrogen and oxygen atoms in total. The van der Waals surface area contributed by atoms with Crippen molar-refractivity contribution in [3.8, 4) is 5.69 Å². The van der Waals surface area contributed by atoms with Crippen molar-refractivity contribution in [3.05, 3.63) is 76.4 Å². The lowest BCUT2D eigenvalue weighted by Gasteiger charge is -2.21. The fourth-order valence-electron chi connectivity index (χ4n) is 4.36. The number of nitrogens with zero attached hydrogens (tertiary/aromatic N) is 3. The first kappa shape index (κ1) is 25.1. The van der Waals surface area contributed by atoms with Gasteiger partial charge < -0.3 is 10.1 Å². The first-order valence-corrected chi connectivity index (χ1v) is 11.9. The minimum absolute atomic E-state index is 0.228. The van der Waals surface area contributed by atoms with Crippen molar-refractivity contribution in [2.24, 2.45) is 0 Å². The summed E-state index contributed by atoms with van der Waals surface area (Å²) >= 11 is 6.55. The molecule has 1 aromatic heterocycles. The number of carbonyl (C=O) groups is 1. The predicted octanol–water partition coefficient (Wildman–Crippen LogP) is 4.60. The molecule has 1 aliphatic rings. The second-order valence-electron chi connectivity index (χ2n) is 8.45. The zero-order valence-electron chi connectivity index (χ0n) is 19.6. The molecule has 0 unspecified atom stereocenters. The molecule has 1 fully saturated rings. The standard InChI is InChI=1S/C25H28ClF2N5O2/c1-3-21-23(26)24(33(31-21)17-7-5-4-6-8-17)30-25(34)29-22-15-32(11-12-35-2)14-18(22)16-9-10-19(27)20(28)13-16/h4-10,13,18,22H,3,11-12,14-15H2,1-2H3,(H2,29,30,34)/t18-,22+/m0/s1. The van der Waals surface area contributed by atoms with Crippen LogP contribution in [0.5, 0.6) is 0 Å². The SMILES string of the molecule is CCc1nn(-c2ccccc2)c(NC(=O)N[C@@H]2CN(CCOC)C[C@H]2c2ccc(F)c(F)c2)c1Cl. The number of carbonyl (C=O) groups excluding carboxylic acids is 1. The van der Waals surface area contributed by atoms with Crippen LogP contribution in [0.4, 0.5) is 19.4 Å². The number of anilines is 1. The van der Waals surface area contributed by atoms with Crippen molar-refractivity contribution in [2.45, 2.75) is 25.3 Å². The van der Waals surface area contributed by atoms with Crippen molar-refractivity contribution < 1.29 is 18.3 Å². The number of benzene rings is 2. The molecule has 0 spiro atoms. The highest BCUT2D eigenvalue weighted by atomic mass is 35.5. The number of hydrogen-bond acceptors (Lipinski definition) is 4. The number of hydrogen-bond donors (Lipinski definition) is 2. The number of aryl methyl sites for hydroxylation is 1. The van der Waals surface area contributed by atoms with Gasteiger partial charge in [-0.2, -0.15) is 5.10 Å². The fraction of sp³-hybridized carbons (Fsp3) is 0.360. The highest BCUT2D eigenvalue weighted by molar-refractivity contribution is 6.34. The van der Waals surface area contributed by atoms with Gasteiger partial charge in [-0.05, 0) is 36.2 Å². The lowest BCUT2D eigenvalue weighted by Crippen LogP contribution is -2.42. The summed E-state index contributed by atoms with van der Waals surface area (Å²) in [6.07, 6.45) is 0.601. The molecule has 0 aliphatic carbocycles. The fourth-order valence-corrected chi connectivity index (χ4v) is 4.66. The van der Waals surface area contributed by atoms with E-state index in [1.165, 1.54) is 6.07 Å². The summed E-state index contributed by atoms with van der Waals surface area (Å²) < 4.78 is 34.3. The van der Waals surface area contributed by atoms with Gasteiger partial charge >= 0.3 is 6.03 Å². The molecule has 2 amide bonds. The van der Waals surface area contributed by atoms with E-state index in [0.29, 0.717) is 54.8 Å². The Morgan fingerprint density at radius 3 is 2.63 bits per heavy atom. The first-order valence-electron chi connectivity index (χ1n) is 11.5. The normalized spacial score (nSPS) is 18.1. The van der Waals surface area contributed by atoms with Gasteiger partial charge in [0.2, 0.25) is 0 Å². The average molecular weight is 504 g/mol. The minimum Gasteiger partial charge on any atom is -0.383 e. The van der Waals surface area contributed by atoms with E-state index in [0.717, 1.165) is 11.8 Å². The zero-order chi connectivity index (χ0) is 24.9. The Bertz CT molecular complexity index is 1170. The molecule has 0 saturated carbocycles. The third kappa shape index (κ3) is 5.63. The number of halogens is 3. The van der Waals surface area contributed by atoms with E-state index in [1.54, 1.807) is 17.9 Å². The van der Waals surface area contributed by atoms with E-state index in [9.17, 15) is 13.6 Å². The molecule has 2 atom stereocenters. The predicted molar refractivity (Wildman–Crippen MR) is 131 cm³/mol. The molecule has 3 aromatic rings. The summed E-state index contributed by atoms with van der Waals surface area (Å²) in [5, 5.41) is 10.8. The highest BCUT2D eigenvalue weighted by Crippen LogP contribution is 2.31. The molecule has 186 valence electrons. The van der Waals surface area contributed by atoms with Crippen LogP contribution in [-0.2, 0) is 11.2 Å². The number of aromatic nitrogens is 2. The molecule has 0 radical (unpaired) electrons. The number of nitrogens with one attached hydrogen (secondary N) is 2. The molecular weight excluding hydrogens is 476 g/mol. The Morgan fingerprint density at radius 2 is 1.94 bits per heavy atom. The second-order valence-corrected chi connectivity index (χ2v) is 8.83. The van der Waals surface area contributed by atoms with Crippen molar-refractivity contribution in [1.82, 2.24) is 20.0 Å². The van der Waals surface area contributed by atoms with E-state index in [2.05, 4.69) is 20.6 Å². The van der Waals surface area contributed by atoms with E-state index < -0.39 is 17.7 Å². The molecule has 2 N–H and O–H groups in total. The summed E-state index contributed by atoms with van der Waals surface area (Å²) in [6, 6.07) is 12.5. The van der Waals surface area contributed by atoms with Crippen molar-refractivity contribution in [2.75, 3.05) is 38.7 Å². The number of rotatable bonds is 8. The summed E-state index contributed by atoms with van der Waals surface area (Å²) in [4.78, 5) is 15.2. The van der Waals surface area contributed by atoms with E-state index in [1.807, 2.05) is 37.3 Å². The van der Waals surface area contributed by atoms with Crippen molar-refractivity contribution in [1.29, 1.82) is 0 Å². The Hall–Kier alpha value is -3.01. The lowest BCUT2D eigenvalue weighted by atomic mass is 9.94. The Morgan fingerprint density at radius 1 is 1.17 bits per heavy atom. The van der Waals surface area contributed by atoms with Gasteiger partial charge in [0, 0.05) is 32.7 Å². The molecule has 2 aromatic carbocycles. The average Bonchev–Trinajstić information content (AvgIpc) is 3.40. The maximum atomic E-state index is 14.0. The lowest BCUT2D eigenvalue weighted by molar-refractivity contribution is 0.159.